The maximum absolute atomic E-state index is 12.9. The molecule has 3 N–H and O–H groups in total. The van der Waals surface area contributed by atoms with Crippen LogP contribution >= 0.6 is 23.8 Å². The number of ether oxygens (including phenoxy) is 2. The van der Waals surface area contributed by atoms with Gasteiger partial charge in [0, 0.05) is 45.9 Å². The molecule has 0 aliphatic carbocycles. The van der Waals surface area contributed by atoms with Crippen LogP contribution in [0, 0.1) is 5.92 Å². The third kappa shape index (κ3) is 6.00. The van der Waals surface area contributed by atoms with Gasteiger partial charge in [0.05, 0.1) is 40.5 Å². The van der Waals surface area contributed by atoms with Crippen LogP contribution in [0.2, 0.25) is 5.02 Å². The van der Waals surface area contributed by atoms with Crippen LogP contribution in [-0.4, -0.2) is 79.8 Å². The molecule has 0 bridgehead atoms. The molecule has 1 amide bonds. The van der Waals surface area contributed by atoms with E-state index >= 15 is 0 Å². The highest BCUT2D eigenvalue weighted by Crippen LogP contribution is 2.29. The normalized spacial score (nSPS) is 22.9. The van der Waals surface area contributed by atoms with Crippen LogP contribution in [0.1, 0.15) is 36.5 Å². The fourth-order valence-electron chi connectivity index (χ4n) is 4.51. The van der Waals surface area contributed by atoms with Gasteiger partial charge in [0.15, 0.2) is 0 Å². The maximum atomic E-state index is 12.9. The molecular weight excluding hydrogens is 436 g/mol. The van der Waals surface area contributed by atoms with Gasteiger partial charge in [-0.1, -0.05) is 23.8 Å². The molecule has 0 aromatic heterocycles. The number of hydrogen-bond donors (Lipinski definition) is 2. The van der Waals surface area contributed by atoms with Crippen molar-refractivity contribution in [2.24, 2.45) is 5.92 Å². The van der Waals surface area contributed by atoms with E-state index in [9.17, 15) is 4.79 Å². The number of thiocarbonyl (C=S) groups is 1. The SMILES string of the molecule is COc1cc(N)c(Cl)cc1C(=O)N[C@H]1CCN(CC2CCN(C(C)=S)CC2)C[C@H]1OC. The van der Waals surface area contributed by atoms with Gasteiger partial charge in [-0.25, -0.2) is 0 Å². The summed E-state index contributed by atoms with van der Waals surface area (Å²) in [4.78, 5) is 18.7. The minimum atomic E-state index is -0.234. The number of rotatable bonds is 6. The molecule has 0 saturated carbocycles. The lowest BCUT2D eigenvalue weighted by Gasteiger charge is -2.41. The lowest BCUT2D eigenvalue weighted by molar-refractivity contribution is -0.000270. The van der Waals surface area contributed by atoms with Crippen molar-refractivity contribution in [3.8, 4) is 5.75 Å². The first-order valence-electron chi connectivity index (χ1n) is 10.8. The highest BCUT2D eigenvalue weighted by molar-refractivity contribution is 7.80. The number of nitrogens with one attached hydrogen (secondary N) is 1. The van der Waals surface area contributed by atoms with Gasteiger partial charge in [-0.05, 0) is 38.2 Å². The molecule has 3 rings (SSSR count). The van der Waals surface area contributed by atoms with Crippen molar-refractivity contribution in [1.29, 1.82) is 0 Å². The zero-order chi connectivity index (χ0) is 22.5. The Labute approximate surface area is 195 Å². The van der Waals surface area contributed by atoms with E-state index in [4.69, 9.17) is 39.0 Å². The van der Waals surface area contributed by atoms with Crippen molar-refractivity contribution in [1.82, 2.24) is 15.1 Å². The van der Waals surface area contributed by atoms with Crippen molar-refractivity contribution in [3.63, 3.8) is 0 Å². The Kier molecular flexibility index (Phi) is 8.38. The number of anilines is 1. The number of benzene rings is 1. The van der Waals surface area contributed by atoms with Crippen molar-refractivity contribution < 1.29 is 14.3 Å². The molecule has 0 spiro atoms. The summed E-state index contributed by atoms with van der Waals surface area (Å²) in [7, 11) is 3.21. The molecule has 2 aliphatic rings. The summed E-state index contributed by atoms with van der Waals surface area (Å²) in [5.41, 5.74) is 6.58. The molecule has 2 aliphatic heterocycles. The van der Waals surface area contributed by atoms with Crippen LogP contribution in [0.4, 0.5) is 5.69 Å². The Balaban J connectivity index is 1.56. The van der Waals surface area contributed by atoms with E-state index in [1.54, 1.807) is 19.2 Å². The van der Waals surface area contributed by atoms with Gasteiger partial charge < -0.3 is 30.3 Å². The van der Waals surface area contributed by atoms with Crippen LogP contribution in [0.5, 0.6) is 5.75 Å². The van der Waals surface area contributed by atoms with E-state index in [0.717, 1.165) is 44.1 Å². The molecule has 2 saturated heterocycles. The summed E-state index contributed by atoms with van der Waals surface area (Å²) >= 11 is 11.4. The maximum Gasteiger partial charge on any atom is 0.255 e. The number of nitrogen functional groups attached to an aromatic ring is 1. The largest absolute Gasteiger partial charge is 0.496 e. The minimum Gasteiger partial charge on any atom is -0.496 e. The first kappa shape index (κ1) is 24.0. The molecule has 2 fully saturated rings. The van der Waals surface area contributed by atoms with Gasteiger partial charge >= 0.3 is 0 Å². The predicted molar refractivity (Wildman–Crippen MR) is 128 cm³/mol. The number of carbonyl (C=O) groups is 1. The number of nitrogens with zero attached hydrogens (tertiary/aromatic N) is 2. The molecule has 1 aromatic carbocycles. The van der Waals surface area contributed by atoms with Gasteiger partial charge in [0.25, 0.3) is 5.91 Å². The number of methoxy groups -OCH3 is 2. The molecule has 31 heavy (non-hydrogen) atoms. The van der Waals surface area contributed by atoms with Crippen molar-refractivity contribution >= 4 is 40.4 Å². The Bertz CT molecular complexity index is 801. The van der Waals surface area contributed by atoms with Crippen LogP contribution in [0.3, 0.4) is 0 Å². The second kappa shape index (κ2) is 10.8. The van der Waals surface area contributed by atoms with Gasteiger partial charge in [-0.3, -0.25) is 4.79 Å². The third-order valence-corrected chi connectivity index (χ3v) is 6.99. The van der Waals surface area contributed by atoms with Crippen LogP contribution in [0.25, 0.3) is 0 Å². The molecule has 172 valence electrons. The number of halogens is 1. The van der Waals surface area contributed by atoms with Crippen molar-refractivity contribution in [2.45, 2.75) is 38.3 Å². The number of carbonyl (C=O) groups excluding carboxylic acids is 1. The summed E-state index contributed by atoms with van der Waals surface area (Å²) in [6, 6.07) is 3.05. The monoisotopic (exact) mass is 468 g/mol. The van der Waals surface area contributed by atoms with E-state index < -0.39 is 0 Å². The van der Waals surface area contributed by atoms with Crippen LogP contribution in [-0.2, 0) is 4.74 Å². The fraction of sp³-hybridized carbons (Fsp3) is 0.636. The molecular formula is C22H33ClN4O3S. The Hall–Kier alpha value is -1.61. The standard InChI is InChI=1S/C22H33ClN4O3S/c1-14(31)27-8-4-15(5-9-27)12-26-7-6-19(21(13-26)30-3)25-22(28)16-10-17(23)18(24)11-20(16)29-2/h10-11,15,19,21H,4-9,12-13,24H2,1-3H3,(H,25,28)/t19-,21+/m0/s1. The van der Waals surface area contributed by atoms with Crippen molar-refractivity contribution in [2.75, 3.05) is 52.7 Å². The topological polar surface area (TPSA) is 80.1 Å². The quantitative estimate of drug-likeness (QED) is 0.490. The van der Waals surface area contributed by atoms with Gasteiger partial charge in [-0.15, -0.1) is 0 Å². The molecule has 9 heteroatoms. The van der Waals surface area contributed by atoms with E-state index in [0.29, 0.717) is 27.9 Å². The highest BCUT2D eigenvalue weighted by Gasteiger charge is 2.32. The number of piperidine rings is 2. The first-order valence-corrected chi connectivity index (χ1v) is 11.6. The Morgan fingerprint density at radius 2 is 1.97 bits per heavy atom. The average molecular weight is 469 g/mol. The predicted octanol–water partition coefficient (Wildman–Crippen LogP) is 2.81. The second-order valence-corrected chi connectivity index (χ2v) is 9.42. The zero-order valence-electron chi connectivity index (χ0n) is 18.5. The number of nitrogens with two attached hydrogens (primary N) is 1. The Morgan fingerprint density at radius 3 is 2.58 bits per heavy atom. The summed E-state index contributed by atoms with van der Waals surface area (Å²) in [5, 5.41) is 3.44. The smallest absolute Gasteiger partial charge is 0.255 e. The van der Waals surface area contributed by atoms with E-state index in [-0.39, 0.29) is 18.1 Å². The first-order chi connectivity index (χ1) is 14.8. The van der Waals surface area contributed by atoms with E-state index in [1.165, 1.54) is 20.0 Å². The molecule has 0 radical (unpaired) electrons. The zero-order valence-corrected chi connectivity index (χ0v) is 20.1. The summed E-state index contributed by atoms with van der Waals surface area (Å²) in [6.07, 6.45) is 3.09. The summed E-state index contributed by atoms with van der Waals surface area (Å²) < 4.78 is 11.1. The number of likely N-dealkylation sites (tertiary alicyclic amines) is 2. The van der Waals surface area contributed by atoms with Crippen LogP contribution < -0.4 is 15.8 Å². The van der Waals surface area contributed by atoms with Gasteiger partial charge in [-0.2, -0.15) is 0 Å². The number of hydrogen-bond acceptors (Lipinski definition) is 6. The van der Waals surface area contributed by atoms with Gasteiger partial charge in [0.1, 0.15) is 5.75 Å². The molecule has 0 unspecified atom stereocenters. The highest BCUT2D eigenvalue weighted by atomic mass is 35.5. The summed E-state index contributed by atoms with van der Waals surface area (Å²) in [5.74, 6) is 0.848. The summed E-state index contributed by atoms with van der Waals surface area (Å²) in [6.45, 7) is 6.89. The number of amides is 1. The fourth-order valence-corrected chi connectivity index (χ4v) is 4.85. The Morgan fingerprint density at radius 1 is 1.26 bits per heavy atom. The van der Waals surface area contributed by atoms with E-state index in [2.05, 4.69) is 15.1 Å². The molecule has 2 heterocycles. The molecule has 7 nitrogen and oxygen atoms in total. The van der Waals surface area contributed by atoms with Gasteiger partial charge in [0.2, 0.25) is 0 Å². The van der Waals surface area contributed by atoms with Crippen LogP contribution in [0.15, 0.2) is 12.1 Å². The molecule has 2 atom stereocenters. The van der Waals surface area contributed by atoms with Crippen molar-refractivity contribution in [3.05, 3.63) is 22.7 Å². The lowest BCUT2D eigenvalue weighted by Crippen LogP contribution is -2.55. The lowest BCUT2D eigenvalue weighted by atomic mass is 9.94. The molecule has 1 aromatic rings. The minimum absolute atomic E-state index is 0.0729. The second-order valence-electron chi connectivity index (χ2n) is 8.43. The average Bonchev–Trinajstić information content (AvgIpc) is 2.76. The van der Waals surface area contributed by atoms with E-state index in [1.807, 2.05) is 6.92 Å². The third-order valence-electron chi connectivity index (χ3n) is 6.40.